The highest BCUT2D eigenvalue weighted by Crippen LogP contribution is 2.10. The highest BCUT2D eigenvalue weighted by atomic mass is 16.4. The van der Waals surface area contributed by atoms with Crippen LogP contribution in [0.4, 0.5) is 0 Å². The minimum Gasteiger partial charge on any atom is -0.409 e. The molecule has 0 heterocycles. The van der Waals surface area contributed by atoms with E-state index in [1.807, 2.05) is 11.9 Å². The van der Waals surface area contributed by atoms with Crippen LogP contribution < -0.4 is 5.73 Å². The van der Waals surface area contributed by atoms with E-state index in [0.717, 1.165) is 6.54 Å². The molecule has 0 aliphatic heterocycles. The zero-order valence-corrected chi connectivity index (χ0v) is 10.1. The molecule has 1 rings (SSSR count). The summed E-state index contributed by atoms with van der Waals surface area (Å²) in [5.74, 6) is 0.229. The lowest BCUT2D eigenvalue weighted by molar-refractivity contribution is 0.308. The molecule has 0 aliphatic carbocycles. The SMILES string of the molecule is Cc1cc(C)cc(CN(C)CC(N)=NO)c1. The Hall–Kier alpha value is -1.55. The number of benzene rings is 1. The number of rotatable bonds is 4. The van der Waals surface area contributed by atoms with Crippen molar-refractivity contribution in [2.24, 2.45) is 10.9 Å². The second-order valence-electron chi connectivity index (χ2n) is 4.26. The lowest BCUT2D eigenvalue weighted by Gasteiger charge is -2.16. The number of nitrogens with zero attached hydrogens (tertiary/aromatic N) is 2. The fraction of sp³-hybridized carbons (Fsp3) is 0.417. The molecule has 0 aliphatic rings. The van der Waals surface area contributed by atoms with Gasteiger partial charge in [-0.3, -0.25) is 4.90 Å². The van der Waals surface area contributed by atoms with Crippen molar-refractivity contribution in [2.75, 3.05) is 13.6 Å². The summed E-state index contributed by atoms with van der Waals surface area (Å²) in [6.45, 7) is 5.42. The van der Waals surface area contributed by atoms with E-state index < -0.39 is 0 Å². The number of hydrogen-bond donors (Lipinski definition) is 2. The van der Waals surface area contributed by atoms with E-state index in [0.29, 0.717) is 6.54 Å². The maximum absolute atomic E-state index is 8.47. The largest absolute Gasteiger partial charge is 0.409 e. The summed E-state index contributed by atoms with van der Waals surface area (Å²) in [4.78, 5) is 2.00. The minimum absolute atomic E-state index is 0.229. The fourth-order valence-electron chi connectivity index (χ4n) is 1.84. The second-order valence-corrected chi connectivity index (χ2v) is 4.26. The van der Waals surface area contributed by atoms with Crippen molar-refractivity contribution in [1.29, 1.82) is 0 Å². The first-order valence-corrected chi connectivity index (χ1v) is 5.23. The van der Waals surface area contributed by atoms with Crippen LogP contribution in [0.3, 0.4) is 0 Å². The van der Waals surface area contributed by atoms with Crippen molar-refractivity contribution in [3.05, 3.63) is 34.9 Å². The zero-order valence-electron chi connectivity index (χ0n) is 10.1. The molecule has 0 amide bonds. The van der Waals surface area contributed by atoms with Crippen LogP contribution >= 0.6 is 0 Å². The summed E-state index contributed by atoms with van der Waals surface area (Å²) < 4.78 is 0. The molecule has 0 unspecified atom stereocenters. The maximum Gasteiger partial charge on any atom is 0.153 e. The maximum atomic E-state index is 8.47. The van der Waals surface area contributed by atoms with Crippen LogP contribution in [-0.4, -0.2) is 29.5 Å². The number of aryl methyl sites for hydroxylation is 2. The zero-order chi connectivity index (χ0) is 12.1. The van der Waals surface area contributed by atoms with Crippen LogP contribution in [0.5, 0.6) is 0 Å². The normalized spacial score (nSPS) is 12.1. The fourth-order valence-corrected chi connectivity index (χ4v) is 1.84. The smallest absolute Gasteiger partial charge is 0.153 e. The van der Waals surface area contributed by atoms with E-state index >= 15 is 0 Å². The Morgan fingerprint density at radius 1 is 1.31 bits per heavy atom. The summed E-state index contributed by atoms with van der Waals surface area (Å²) in [6, 6.07) is 6.44. The number of hydrogen-bond acceptors (Lipinski definition) is 3. The van der Waals surface area contributed by atoms with Gasteiger partial charge < -0.3 is 10.9 Å². The molecule has 0 bridgehead atoms. The predicted octanol–water partition coefficient (Wildman–Crippen LogP) is 1.48. The molecule has 0 radical (unpaired) electrons. The van der Waals surface area contributed by atoms with Gasteiger partial charge in [0.1, 0.15) is 0 Å². The molecule has 1 aromatic rings. The third-order valence-corrected chi connectivity index (χ3v) is 2.29. The molecular weight excluding hydrogens is 202 g/mol. The van der Waals surface area contributed by atoms with Gasteiger partial charge in [-0.15, -0.1) is 0 Å². The van der Waals surface area contributed by atoms with Crippen molar-refractivity contribution < 1.29 is 5.21 Å². The molecular formula is C12H19N3O. The monoisotopic (exact) mass is 221 g/mol. The molecule has 0 aromatic heterocycles. The number of likely N-dealkylation sites (N-methyl/N-ethyl adjacent to an activating group) is 1. The van der Waals surface area contributed by atoms with Gasteiger partial charge in [-0.05, 0) is 26.5 Å². The van der Waals surface area contributed by atoms with Gasteiger partial charge in [0.15, 0.2) is 5.84 Å². The molecule has 0 saturated carbocycles. The van der Waals surface area contributed by atoms with Crippen molar-refractivity contribution in [3.8, 4) is 0 Å². The topological polar surface area (TPSA) is 61.8 Å². The molecule has 0 saturated heterocycles. The molecule has 4 nitrogen and oxygen atoms in total. The van der Waals surface area contributed by atoms with E-state index in [4.69, 9.17) is 10.9 Å². The Morgan fingerprint density at radius 3 is 2.38 bits per heavy atom. The number of nitrogens with two attached hydrogens (primary N) is 1. The van der Waals surface area contributed by atoms with E-state index in [2.05, 4.69) is 37.2 Å². The van der Waals surface area contributed by atoms with E-state index in [1.54, 1.807) is 0 Å². The van der Waals surface area contributed by atoms with Gasteiger partial charge in [0, 0.05) is 6.54 Å². The standard InChI is InChI=1S/C12H19N3O/c1-9-4-10(2)6-11(5-9)7-15(3)8-12(13)14-16/h4-6,16H,7-8H2,1-3H3,(H2,13,14). The van der Waals surface area contributed by atoms with Crippen LogP contribution in [0, 0.1) is 13.8 Å². The van der Waals surface area contributed by atoms with E-state index in [1.165, 1.54) is 16.7 Å². The Morgan fingerprint density at radius 2 is 1.88 bits per heavy atom. The summed E-state index contributed by atoms with van der Waals surface area (Å²) >= 11 is 0. The van der Waals surface area contributed by atoms with Crippen molar-refractivity contribution in [1.82, 2.24) is 4.90 Å². The lowest BCUT2D eigenvalue weighted by Crippen LogP contribution is -2.30. The summed E-state index contributed by atoms with van der Waals surface area (Å²) in [5, 5.41) is 11.4. The first-order valence-electron chi connectivity index (χ1n) is 5.23. The van der Waals surface area contributed by atoms with Crippen LogP contribution in [0.25, 0.3) is 0 Å². The van der Waals surface area contributed by atoms with E-state index in [-0.39, 0.29) is 5.84 Å². The van der Waals surface area contributed by atoms with Gasteiger partial charge in [-0.1, -0.05) is 34.5 Å². The minimum atomic E-state index is 0.229. The van der Waals surface area contributed by atoms with Crippen LogP contribution in [0.15, 0.2) is 23.4 Å². The Kier molecular flexibility index (Phi) is 4.31. The van der Waals surface area contributed by atoms with Crippen LogP contribution in [0.2, 0.25) is 0 Å². The molecule has 0 spiro atoms. The predicted molar refractivity (Wildman–Crippen MR) is 65.7 cm³/mol. The lowest BCUT2D eigenvalue weighted by atomic mass is 10.1. The Labute approximate surface area is 96.4 Å². The third kappa shape index (κ3) is 3.90. The van der Waals surface area contributed by atoms with Crippen molar-refractivity contribution in [2.45, 2.75) is 20.4 Å². The first kappa shape index (κ1) is 12.5. The Balaban J connectivity index is 2.65. The molecule has 1 aromatic carbocycles. The van der Waals surface area contributed by atoms with E-state index in [9.17, 15) is 0 Å². The molecule has 3 N–H and O–H groups in total. The summed E-state index contributed by atoms with van der Waals surface area (Å²) in [6.07, 6.45) is 0. The second kappa shape index (κ2) is 5.51. The average molecular weight is 221 g/mol. The van der Waals surface area contributed by atoms with Gasteiger partial charge in [-0.2, -0.15) is 0 Å². The van der Waals surface area contributed by atoms with Crippen molar-refractivity contribution >= 4 is 5.84 Å². The number of amidine groups is 1. The average Bonchev–Trinajstić information content (AvgIpc) is 2.15. The first-order chi connectivity index (χ1) is 7.51. The summed E-state index contributed by atoms with van der Waals surface area (Å²) in [7, 11) is 1.94. The molecule has 0 atom stereocenters. The Bertz CT molecular complexity index is 368. The summed E-state index contributed by atoms with van der Waals surface area (Å²) in [5.41, 5.74) is 9.20. The van der Waals surface area contributed by atoms with Crippen molar-refractivity contribution in [3.63, 3.8) is 0 Å². The molecule has 16 heavy (non-hydrogen) atoms. The van der Waals surface area contributed by atoms with Gasteiger partial charge in [0.05, 0.1) is 6.54 Å². The third-order valence-electron chi connectivity index (χ3n) is 2.29. The van der Waals surface area contributed by atoms with Gasteiger partial charge in [0.2, 0.25) is 0 Å². The highest BCUT2D eigenvalue weighted by molar-refractivity contribution is 5.81. The molecule has 88 valence electrons. The van der Waals surface area contributed by atoms with Crippen LogP contribution in [0.1, 0.15) is 16.7 Å². The molecule has 0 fully saturated rings. The highest BCUT2D eigenvalue weighted by Gasteiger charge is 2.03. The van der Waals surface area contributed by atoms with Gasteiger partial charge in [-0.25, -0.2) is 0 Å². The quantitative estimate of drug-likeness (QED) is 0.350. The molecule has 4 heteroatoms. The van der Waals surface area contributed by atoms with Crippen LogP contribution in [-0.2, 0) is 6.54 Å². The van der Waals surface area contributed by atoms with Gasteiger partial charge in [0.25, 0.3) is 0 Å². The van der Waals surface area contributed by atoms with Gasteiger partial charge >= 0.3 is 0 Å². The number of oxime groups is 1.